The van der Waals surface area contributed by atoms with E-state index in [-0.39, 0.29) is 23.2 Å². The number of hydrogen-bond acceptors (Lipinski definition) is 4. The number of aliphatic hydroxyl groups is 1. The highest BCUT2D eigenvalue weighted by molar-refractivity contribution is 7.89. The molecular formula is C14H21NO4S. The van der Waals surface area contributed by atoms with Crippen LogP contribution in [0.4, 0.5) is 0 Å². The molecule has 1 saturated carbocycles. The number of rotatable bonds is 3. The van der Waals surface area contributed by atoms with Gasteiger partial charge >= 0.3 is 0 Å². The average molecular weight is 299 g/mol. The molecule has 2 fully saturated rings. The van der Waals surface area contributed by atoms with Crippen molar-refractivity contribution in [1.29, 1.82) is 0 Å². The van der Waals surface area contributed by atoms with Crippen molar-refractivity contribution in [3.63, 3.8) is 0 Å². The Morgan fingerprint density at radius 1 is 1.20 bits per heavy atom. The molecule has 0 radical (unpaired) electrons. The molecule has 3 rings (SSSR count). The summed E-state index contributed by atoms with van der Waals surface area (Å²) in [5, 5.41) is 10.2. The number of furan rings is 1. The third-order valence-electron chi connectivity index (χ3n) is 4.58. The molecule has 0 unspecified atom stereocenters. The van der Waals surface area contributed by atoms with Gasteiger partial charge in [-0.2, -0.15) is 4.31 Å². The summed E-state index contributed by atoms with van der Waals surface area (Å²) in [6.07, 6.45) is 6.51. The molecule has 1 aromatic heterocycles. The van der Waals surface area contributed by atoms with Crippen LogP contribution in [-0.2, 0) is 10.0 Å². The Kier molecular flexibility index (Phi) is 3.88. The fourth-order valence-corrected chi connectivity index (χ4v) is 5.25. The van der Waals surface area contributed by atoms with E-state index in [0.29, 0.717) is 6.54 Å². The molecule has 0 spiro atoms. The van der Waals surface area contributed by atoms with Gasteiger partial charge in [0.05, 0.1) is 12.4 Å². The van der Waals surface area contributed by atoms with E-state index in [1.165, 1.54) is 12.3 Å². The van der Waals surface area contributed by atoms with Gasteiger partial charge in [-0.05, 0) is 37.8 Å². The van der Waals surface area contributed by atoms with Gasteiger partial charge in [0.25, 0.3) is 10.0 Å². The van der Waals surface area contributed by atoms with Gasteiger partial charge < -0.3 is 9.52 Å². The molecule has 1 saturated heterocycles. The molecule has 3 atom stereocenters. The molecule has 112 valence electrons. The molecule has 6 heteroatoms. The minimum atomic E-state index is -3.56. The summed E-state index contributed by atoms with van der Waals surface area (Å²) in [7, 11) is -3.56. The lowest BCUT2D eigenvalue weighted by Crippen LogP contribution is -2.45. The Morgan fingerprint density at radius 2 is 2.00 bits per heavy atom. The maximum absolute atomic E-state index is 12.6. The molecule has 0 aromatic carbocycles. The average Bonchev–Trinajstić information content (AvgIpc) is 3.11. The fraction of sp³-hybridized carbons (Fsp3) is 0.714. The molecule has 5 nitrogen and oxygen atoms in total. The van der Waals surface area contributed by atoms with Gasteiger partial charge in [-0.15, -0.1) is 0 Å². The van der Waals surface area contributed by atoms with Crippen molar-refractivity contribution in [2.75, 3.05) is 6.54 Å². The Balaban J connectivity index is 1.85. The van der Waals surface area contributed by atoms with Gasteiger partial charge in [0, 0.05) is 18.5 Å². The van der Waals surface area contributed by atoms with Crippen molar-refractivity contribution in [2.45, 2.75) is 55.8 Å². The highest BCUT2D eigenvalue weighted by Gasteiger charge is 2.43. The van der Waals surface area contributed by atoms with Crippen molar-refractivity contribution in [3.05, 3.63) is 18.4 Å². The second-order valence-electron chi connectivity index (χ2n) is 5.77. The van der Waals surface area contributed by atoms with Gasteiger partial charge in [0.1, 0.15) is 0 Å². The topological polar surface area (TPSA) is 70.8 Å². The molecule has 2 aliphatic rings. The van der Waals surface area contributed by atoms with Crippen LogP contribution in [0.5, 0.6) is 0 Å². The third-order valence-corrected chi connectivity index (χ3v) is 6.39. The first-order valence-electron chi connectivity index (χ1n) is 7.34. The van der Waals surface area contributed by atoms with Crippen LogP contribution in [-0.4, -0.2) is 36.5 Å². The Hall–Kier alpha value is -0.850. The molecule has 20 heavy (non-hydrogen) atoms. The summed E-state index contributed by atoms with van der Waals surface area (Å²) in [4.78, 5) is 0. The van der Waals surface area contributed by atoms with Gasteiger partial charge in [-0.3, -0.25) is 0 Å². The van der Waals surface area contributed by atoms with Gasteiger partial charge in [0.15, 0.2) is 0 Å². The zero-order valence-corrected chi connectivity index (χ0v) is 12.3. The van der Waals surface area contributed by atoms with E-state index >= 15 is 0 Å². The normalized spacial score (nSPS) is 32.5. The van der Waals surface area contributed by atoms with E-state index in [1.807, 2.05) is 0 Å². The predicted molar refractivity (Wildman–Crippen MR) is 73.6 cm³/mol. The van der Waals surface area contributed by atoms with Crippen molar-refractivity contribution in [3.8, 4) is 0 Å². The fourth-order valence-electron chi connectivity index (χ4n) is 3.61. The van der Waals surface area contributed by atoms with E-state index in [2.05, 4.69) is 0 Å². The largest absolute Gasteiger partial charge is 0.452 e. The van der Waals surface area contributed by atoms with Crippen LogP contribution < -0.4 is 0 Å². The third kappa shape index (κ3) is 2.40. The second-order valence-corrected chi connectivity index (χ2v) is 7.59. The molecule has 1 N–H and O–H groups in total. The monoisotopic (exact) mass is 299 g/mol. The zero-order chi connectivity index (χ0) is 14.2. The van der Waals surface area contributed by atoms with Crippen LogP contribution in [0.15, 0.2) is 27.9 Å². The highest BCUT2D eigenvalue weighted by atomic mass is 32.2. The minimum Gasteiger partial charge on any atom is -0.452 e. The summed E-state index contributed by atoms with van der Waals surface area (Å²) >= 11 is 0. The summed E-state index contributed by atoms with van der Waals surface area (Å²) in [5.41, 5.74) is 0. The van der Waals surface area contributed by atoms with Crippen LogP contribution in [0.1, 0.15) is 38.5 Å². The molecule has 0 bridgehead atoms. The molecule has 1 aromatic rings. The maximum atomic E-state index is 12.6. The van der Waals surface area contributed by atoms with Crippen LogP contribution in [0.3, 0.4) is 0 Å². The smallest absolute Gasteiger partial charge is 0.276 e. The lowest BCUT2D eigenvalue weighted by atomic mass is 9.81. The number of hydrogen-bond donors (Lipinski definition) is 1. The van der Waals surface area contributed by atoms with E-state index in [4.69, 9.17) is 4.42 Å². The Bertz CT molecular complexity index is 540. The van der Waals surface area contributed by atoms with Crippen LogP contribution >= 0.6 is 0 Å². The summed E-state index contributed by atoms with van der Waals surface area (Å²) in [6.45, 7) is 0.525. The summed E-state index contributed by atoms with van der Waals surface area (Å²) in [5.74, 6) is 0.0657. The van der Waals surface area contributed by atoms with E-state index in [9.17, 15) is 13.5 Å². The SMILES string of the molecule is O=S(=O)(c1ccco1)N1CCC[C@@H]1[C@@H]1CCCC[C@@H]1O. The standard InChI is InChI=1S/C14H21NO4S/c16-13-7-2-1-5-11(13)12-6-3-9-15(12)20(17,18)14-8-4-10-19-14/h4,8,10-13,16H,1-3,5-7,9H2/t11-,12+,13-/m0/s1. The van der Waals surface area contributed by atoms with E-state index in [1.54, 1.807) is 10.4 Å². The number of nitrogens with zero attached hydrogens (tertiary/aromatic N) is 1. The minimum absolute atomic E-state index is 0.00898. The van der Waals surface area contributed by atoms with Gasteiger partial charge in [0.2, 0.25) is 5.09 Å². The van der Waals surface area contributed by atoms with Crippen LogP contribution in [0.2, 0.25) is 0 Å². The van der Waals surface area contributed by atoms with Crippen molar-refractivity contribution in [1.82, 2.24) is 4.31 Å². The summed E-state index contributed by atoms with van der Waals surface area (Å²) < 4.78 is 31.8. The van der Waals surface area contributed by atoms with E-state index < -0.39 is 10.0 Å². The first-order valence-corrected chi connectivity index (χ1v) is 8.78. The summed E-state index contributed by atoms with van der Waals surface area (Å²) in [6, 6.07) is 3.00. The molecule has 0 amide bonds. The molecule has 1 aliphatic heterocycles. The van der Waals surface area contributed by atoms with Crippen molar-refractivity contribution in [2.24, 2.45) is 5.92 Å². The first kappa shape index (κ1) is 14.1. The van der Waals surface area contributed by atoms with Gasteiger partial charge in [-0.25, -0.2) is 8.42 Å². The van der Waals surface area contributed by atoms with Gasteiger partial charge in [-0.1, -0.05) is 12.8 Å². The lowest BCUT2D eigenvalue weighted by Gasteiger charge is -2.36. The molecular weight excluding hydrogens is 278 g/mol. The van der Waals surface area contributed by atoms with Crippen LogP contribution in [0.25, 0.3) is 0 Å². The molecule has 2 heterocycles. The van der Waals surface area contributed by atoms with Crippen LogP contribution in [0, 0.1) is 5.92 Å². The van der Waals surface area contributed by atoms with E-state index in [0.717, 1.165) is 38.5 Å². The predicted octanol–water partition coefficient (Wildman–Crippen LogP) is 1.98. The Morgan fingerprint density at radius 3 is 2.70 bits per heavy atom. The Labute approximate surface area is 119 Å². The first-order chi connectivity index (χ1) is 9.60. The zero-order valence-electron chi connectivity index (χ0n) is 11.4. The highest BCUT2D eigenvalue weighted by Crippen LogP contribution is 2.37. The quantitative estimate of drug-likeness (QED) is 0.926. The van der Waals surface area contributed by atoms with Crippen molar-refractivity contribution < 1.29 is 17.9 Å². The number of aliphatic hydroxyl groups excluding tert-OH is 1. The molecule has 1 aliphatic carbocycles. The number of sulfonamides is 1. The maximum Gasteiger partial charge on any atom is 0.276 e. The second kappa shape index (κ2) is 5.50. The van der Waals surface area contributed by atoms with Crippen molar-refractivity contribution >= 4 is 10.0 Å². The lowest BCUT2D eigenvalue weighted by molar-refractivity contribution is 0.0384.